The van der Waals surface area contributed by atoms with Crippen LogP contribution in [0.2, 0.25) is 0 Å². The number of benzene rings is 1. The number of nitrogens with one attached hydrogen (secondary N) is 1. The van der Waals surface area contributed by atoms with Crippen LogP contribution in [0.3, 0.4) is 0 Å². The van der Waals surface area contributed by atoms with Crippen molar-refractivity contribution in [1.82, 2.24) is 0 Å². The summed E-state index contributed by atoms with van der Waals surface area (Å²) in [6, 6.07) is 4.05. The zero-order valence-corrected chi connectivity index (χ0v) is 17.0. The number of sulfone groups is 1. The van der Waals surface area contributed by atoms with Gasteiger partial charge < -0.3 is 5.32 Å². The Morgan fingerprint density at radius 1 is 1.26 bits per heavy atom. The lowest BCUT2D eigenvalue weighted by molar-refractivity contribution is -0.128. The predicted molar refractivity (Wildman–Crippen MR) is 105 cm³/mol. The first-order chi connectivity index (χ1) is 12.7. The smallest absolute Gasteiger partial charge is 0.247 e. The van der Waals surface area contributed by atoms with Gasteiger partial charge in [0.2, 0.25) is 11.8 Å². The molecule has 1 fully saturated rings. The van der Waals surface area contributed by atoms with Crippen molar-refractivity contribution >= 4 is 33.0 Å². The van der Waals surface area contributed by atoms with Gasteiger partial charge in [0.1, 0.15) is 6.04 Å². The summed E-state index contributed by atoms with van der Waals surface area (Å²) >= 11 is 0. The van der Waals surface area contributed by atoms with Gasteiger partial charge in [0.25, 0.3) is 0 Å². The maximum absolute atomic E-state index is 13.4. The zero-order chi connectivity index (χ0) is 19.8. The summed E-state index contributed by atoms with van der Waals surface area (Å²) in [6.45, 7) is 3.98. The first-order valence-electron chi connectivity index (χ1n) is 9.72. The molecule has 0 saturated heterocycles. The van der Waals surface area contributed by atoms with Crippen molar-refractivity contribution in [3.8, 4) is 0 Å². The largest absolute Gasteiger partial charge is 0.322 e. The number of nitrogens with zero attached hydrogens (tertiary/aromatic N) is 1. The van der Waals surface area contributed by atoms with Crippen LogP contribution >= 0.6 is 0 Å². The minimum atomic E-state index is -3.40. The van der Waals surface area contributed by atoms with Gasteiger partial charge in [-0.15, -0.1) is 0 Å². The molecule has 2 unspecified atom stereocenters. The van der Waals surface area contributed by atoms with Crippen LogP contribution in [0, 0.1) is 11.8 Å². The summed E-state index contributed by atoms with van der Waals surface area (Å²) in [7, 11) is -3.40. The molecule has 148 valence electrons. The third-order valence-corrected chi connectivity index (χ3v) is 6.95. The van der Waals surface area contributed by atoms with Gasteiger partial charge in [-0.3, -0.25) is 14.5 Å². The number of anilines is 2. The molecule has 0 radical (unpaired) electrons. The number of hydrogen-bond acceptors (Lipinski definition) is 4. The van der Waals surface area contributed by atoms with E-state index in [2.05, 4.69) is 5.32 Å². The topological polar surface area (TPSA) is 83.6 Å². The van der Waals surface area contributed by atoms with Gasteiger partial charge in [0.05, 0.1) is 16.3 Å². The van der Waals surface area contributed by atoms with E-state index in [1.165, 1.54) is 12.1 Å². The van der Waals surface area contributed by atoms with Gasteiger partial charge in [-0.1, -0.05) is 39.5 Å². The molecule has 2 atom stereocenters. The average molecular weight is 393 g/mol. The number of carbonyl (C=O) groups excluding carboxylic acids is 2. The van der Waals surface area contributed by atoms with E-state index >= 15 is 0 Å². The second-order valence-electron chi connectivity index (χ2n) is 7.81. The third kappa shape index (κ3) is 3.88. The lowest BCUT2D eigenvalue weighted by atomic mass is 9.86. The number of carbonyl (C=O) groups is 2. The standard InChI is InChI=1S/C20H28N2O4S/c1-4-13(2)18-19(23)21-16-12-15(27(3,25)26)10-11-17(16)22(18)20(24)14-8-6-5-7-9-14/h10-14,18H,4-9H2,1-3H3,(H,21,23). The van der Waals surface area contributed by atoms with Crippen molar-refractivity contribution in [2.24, 2.45) is 11.8 Å². The molecule has 1 aliphatic carbocycles. The van der Waals surface area contributed by atoms with E-state index in [0.29, 0.717) is 11.4 Å². The van der Waals surface area contributed by atoms with Crippen molar-refractivity contribution in [1.29, 1.82) is 0 Å². The lowest BCUT2D eigenvalue weighted by Gasteiger charge is -2.41. The molecule has 1 aliphatic heterocycles. The fraction of sp³-hybridized carbons (Fsp3) is 0.600. The minimum Gasteiger partial charge on any atom is -0.322 e. The molecule has 7 heteroatoms. The molecular weight excluding hydrogens is 364 g/mol. The van der Waals surface area contributed by atoms with Gasteiger partial charge in [-0.05, 0) is 37.0 Å². The molecule has 2 amide bonds. The van der Waals surface area contributed by atoms with Gasteiger partial charge in [0, 0.05) is 12.2 Å². The molecular formula is C20H28N2O4S. The van der Waals surface area contributed by atoms with E-state index in [9.17, 15) is 18.0 Å². The van der Waals surface area contributed by atoms with Crippen LogP contribution in [0.5, 0.6) is 0 Å². The van der Waals surface area contributed by atoms with Gasteiger partial charge in [-0.2, -0.15) is 0 Å². The minimum absolute atomic E-state index is 0.000255. The molecule has 1 aromatic carbocycles. The second kappa shape index (κ2) is 7.62. The van der Waals surface area contributed by atoms with Gasteiger partial charge >= 0.3 is 0 Å². The Balaban J connectivity index is 2.07. The SMILES string of the molecule is CCC(C)C1C(=O)Nc2cc(S(C)(=O)=O)ccc2N1C(=O)C1CCCCC1. The fourth-order valence-corrected chi connectivity index (χ4v) is 4.72. The summed E-state index contributed by atoms with van der Waals surface area (Å²) in [5.41, 5.74) is 0.995. The predicted octanol–water partition coefficient (Wildman–Crippen LogP) is 3.37. The van der Waals surface area contributed by atoms with E-state index in [1.54, 1.807) is 11.0 Å². The second-order valence-corrected chi connectivity index (χ2v) is 9.83. The quantitative estimate of drug-likeness (QED) is 0.851. The molecule has 3 rings (SSSR count). The molecule has 0 aromatic heterocycles. The molecule has 2 aliphatic rings. The van der Waals surface area contributed by atoms with Crippen LogP contribution in [0.4, 0.5) is 11.4 Å². The van der Waals surface area contributed by atoms with Crippen LogP contribution in [-0.4, -0.2) is 32.5 Å². The Kier molecular flexibility index (Phi) is 5.60. The molecule has 1 saturated carbocycles. The summed E-state index contributed by atoms with van der Waals surface area (Å²) in [4.78, 5) is 28.0. The average Bonchev–Trinajstić information content (AvgIpc) is 2.65. The van der Waals surface area contributed by atoms with Gasteiger partial charge in [-0.25, -0.2) is 8.42 Å². The van der Waals surface area contributed by atoms with Crippen LogP contribution < -0.4 is 10.2 Å². The van der Waals surface area contributed by atoms with Crippen molar-refractivity contribution in [3.63, 3.8) is 0 Å². The summed E-state index contributed by atoms with van der Waals surface area (Å²) in [5, 5.41) is 2.83. The molecule has 27 heavy (non-hydrogen) atoms. The van der Waals surface area contributed by atoms with Crippen molar-refractivity contribution in [2.45, 2.75) is 63.3 Å². The molecule has 0 bridgehead atoms. The third-order valence-electron chi connectivity index (χ3n) is 5.84. The highest BCUT2D eigenvalue weighted by molar-refractivity contribution is 7.90. The highest BCUT2D eigenvalue weighted by atomic mass is 32.2. The Bertz CT molecular complexity index is 844. The molecule has 1 N–H and O–H groups in total. The van der Waals surface area contributed by atoms with Crippen LogP contribution in [-0.2, 0) is 19.4 Å². The van der Waals surface area contributed by atoms with Crippen LogP contribution in [0.25, 0.3) is 0 Å². The molecule has 1 aromatic rings. The number of rotatable bonds is 4. The normalized spacial score (nSPS) is 22.1. The Labute approximate surface area is 161 Å². The van der Waals surface area contributed by atoms with Crippen molar-refractivity contribution in [2.75, 3.05) is 16.5 Å². The highest BCUT2D eigenvalue weighted by Gasteiger charge is 2.42. The summed E-state index contributed by atoms with van der Waals surface area (Å²) in [5.74, 6) is -0.325. The fourth-order valence-electron chi connectivity index (χ4n) is 4.07. The van der Waals surface area contributed by atoms with E-state index in [-0.39, 0.29) is 28.5 Å². The first kappa shape index (κ1) is 19.9. The number of amides is 2. The Hall–Kier alpha value is -1.89. The van der Waals surface area contributed by atoms with E-state index in [0.717, 1.165) is 44.8 Å². The van der Waals surface area contributed by atoms with Crippen molar-refractivity contribution in [3.05, 3.63) is 18.2 Å². The number of fused-ring (bicyclic) bond motifs is 1. The monoisotopic (exact) mass is 392 g/mol. The van der Waals surface area contributed by atoms with E-state index in [4.69, 9.17) is 0 Å². The highest BCUT2D eigenvalue weighted by Crippen LogP contribution is 2.39. The first-order valence-corrected chi connectivity index (χ1v) is 11.6. The molecule has 6 nitrogen and oxygen atoms in total. The maximum atomic E-state index is 13.4. The van der Waals surface area contributed by atoms with Crippen LogP contribution in [0.1, 0.15) is 52.4 Å². The Morgan fingerprint density at radius 3 is 2.52 bits per heavy atom. The van der Waals surface area contributed by atoms with Gasteiger partial charge in [0.15, 0.2) is 9.84 Å². The molecule has 0 spiro atoms. The van der Waals surface area contributed by atoms with Crippen molar-refractivity contribution < 1.29 is 18.0 Å². The summed E-state index contributed by atoms with van der Waals surface area (Å²) < 4.78 is 23.8. The zero-order valence-electron chi connectivity index (χ0n) is 16.2. The van der Waals surface area contributed by atoms with E-state index < -0.39 is 15.9 Å². The van der Waals surface area contributed by atoms with Crippen LogP contribution in [0.15, 0.2) is 23.1 Å². The van der Waals surface area contributed by atoms with E-state index in [1.807, 2.05) is 13.8 Å². The maximum Gasteiger partial charge on any atom is 0.247 e. The Morgan fingerprint density at radius 2 is 1.93 bits per heavy atom. The lowest BCUT2D eigenvalue weighted by Crippen LogP contribution is -2.55. The molecule has 1 heterocycles. The summed E-state index contributed by atoms with van der Waals surface area (Å²) in [6.07, 6.45) is 6.80. The number of hydrogen-bond donors (Lipinski definition) is 1.